The molecule has 0 aromatic heterocycles. The van der Waals surface area contributed by atoms with E-state index in [4.69, 9.17) is 0 Å². The van der Waals surface area contributed by atoms with Gasteiger partial charge in [-0.05, 0) is 43.5 Å². The van der Waals surface area contributed by atoms with Gasteiger partial charge in [-0.25, -0.2) is 13.1 Å². The van der Waals surface area contributed by atoms with E-state index in [9.17, 15) is 8.42 Å². The third-order valence-electron chi connectivity index (χ3n) is 3.86. The lowest BCUT2D eigenvalue weighted by Gasteiger charge is -2.26. The van der Waals surface area contributed by atoms with Gasteiger partial charge >= 0.3 is 0 Å². The summed E-state index contributed by atoms with van der Waals surface area (Å²) in [7, 11) is -3.38. The molecule has 0 aliphatic heterocycles. The second-order valence-corrected chi connectivity index (χ2v) is 7.05. The third-order valence-corrected chi connectivity index (χ3v) is 5.37. The molecule has 2 N–H and O–H groups in total. The Morgan fingerprint density at radius 3 is 2.60 bits per heavy atom. The van der Waals surface area contributed by atoms with Gasteiger partial charge in [0, 0.05) is 12.1 Å². The average Bonchev–Trinajstić information content (AvgIpc) is 2.40. The zero-order chi connectivity index (χ0) is 14.6. The molecule has 112 valence electrons. The van der Waals surface area contributed by atoms with Crippen molar-refractivity contribution >= 4 is 10.0 Å². The summed E-state index contributed by atoms with van der Waals surface area (Å²) in [5.41, 5.74) is 1.03. The van der Waals surface area contributed by atoms with E-state index in [0.717, 1.165) is 37.8 Å². The molecule has 1 aromatic carbocycles. The third kappa shape index (κ3) is 3.59. The van der Waals surface area contributed by atoms with Crippen molar-refractivity contribution in [1.82, 2.24) is 10.0 Å². The summed E-state index contributed by atoms with van der Waals surface area (Å²) in [4.78, 5) is 0.373. The zero-order valence-electron chi connectivity index (χ0n) is 12.2. The first-order chi connectivity index (χ1) is 9.56. The quantitative estimate of drug-likeness (QED) is 0.813. The Balaban J connectivity index is 2.19. The van der Waals surface area contributed by atoms with Crippen molar-refractivity contribution in [3.05, 3.63) is 29.8 Å². The van der Waals surface area contributed by atoms with Crippen molar-refractivity contribution < 1.29 is 8.42 Å². The van der Waals surface area contributed by atoms with Gasteiger partial charge in [-0.3, -0.25) is 0 Å². The molecule has 5 heteroatoms. The minimum absolute atomic E-state index is 0.124. The van der Waals surface area contributed by atoms with Crippen molar-refractivity contribution in [1.29, 1.82) is 0 Å². The van der Waals surface area contributed by atoms with Crippen molar-refractivity contribution in [3.8, 4) is 0 Å². The molecule has 4 nitrogen and oxygen atoms in total. The predicted molar refractivity (Wildman–Crippen MR) is 81.1 cm³/mol. The van der Waals surface area contributed by atoms with Gasteiger partial charge in [0.1, 0.15) is 0 Å². The molecular weight excluding hydrogens is 272 g/mol. The Bertz CT molecular complexity index is 539. The molecular formula is C15H24N2O2S. The highest BCUT2D eigenvalue weighted by Crippen LogP contribution is 2.23. The van der Waals surface area contributed by atoms with Crippen molar-refractivity contribution in [2.24, 2.45) is 0 Å². The normalized spacial score (nSPS) is 17.7. The first-order valence-corrected chi connectivity index (χ1v) is 8.90. The van der Waals surface area contributed by atoms with Crippen molar-refractivity contribution in [2.45, 2.75) is 56.5 Å². The van der Waals surface area contributed by atoms with Crippen LogP contribution in [0.5, 0.6) is 0 Å². The number of benzene rings is 1. The number of rotatable bonds is 7. The number of hydrogen-bond acceptors (Lipinski definition) is 3. The van der Waals surface area contributed by atoms with Crippen LogP contribution in [-0.2, 0) is 10.0 Å². The number of sulfonamides is 1. The highest BCUT2D eigenvalue weighted by atomic mass is 32.2. The highest BCUT2D eigenvalue weighted by molar-refractivity contribution is 7.89. The SMILES string of the molecule is CCNC(CC)c1cccc(S(=O)(=O)NC2CCC2)c1. The van der Waals surface area contributed by atoms with E-state index in [1.165, 1.54) is 0 Å². The maximum atomic E-state index is 12.3. The van der Waals surface area contributed by atoms with Crippen LogP contribution in [-0.4, -0.2) is 21.0 Å². The largest absolute Gasteiger partial charge is 0.310 e. The van der Waals surface area contributed by atoms with Crippen LogP contribution in [0.4, 0.5) is 0 Å². The minimum Gasteiger partial charge on any atom is -0.310 e. The van der Waals surface area contributed by atoms with Crippen LogP contribution in [0, 0.1) is 0 Å². The van der Waals surface area contributed by atoms with Gasteiger partial charge < -0.3 is 5.32 Å². The summed E-state index contributed by atoms with van der Waals surface area (Å²) in [6.45, 7) is 5.03. The fourth-order valence-corrected chi connectivity index (χ4v) is 3.82. The maximum Gasteiger partial charge on any atom is 0.240 e. The molecule has 0 spiro atoms. The molecule has 1 saturated carbocycles. The Labute approximate surface area is 122 Å². The average molecular weight is 296 g/mol. The topological polar surface area (TPSA) is 58.2 Å². The van der Waals surface area contributed by atoms with Crippen LogP contribution in [0.1, 0.15) is 51.1 Å². The molecule has 0 radical (unpaired) electrons. The summed E-state index contributed by atoms with van der Waals surface area (Å²) in [6, 6.07) is 7.60. The molecule has 1 atom stereocenters. The molecule has 1 aromatic rings. The Hall–Kier alpha value is -0.910. The van der Waals surface area contributed by atoms with E-state index < -0.39 is 10.0 Å². The standard InChI is InChI=1S/C15H24N2O2S/c1-3-15(16-4-2)12-7-5-10-14(11-12)20(18,19)17-13-8-6-9-13/h5,7,10-11,13,15-17H,3-4,6,8-9H2,1-2H3. The molecule has 0 saturated heterocycles. The van der Waals surface area contributed by atoms with Crippen molar-refractivity contribution in [2.75, 3.05) is 6.54 Å². The predicted octanol–water partition coefficient (Wildman–Crippen LogP) is 2.58. The Morgan fingerprint density at radius 1 is 1.30 bits per heavy atom. The number of hydrogen-bond donors (Lipinski definition) is 2. The van der Waals surface area contributed by atoms with Gasteiger partial charge in [-0.1, -0.05) is 32.4 Å². The lowest BCUT2D eigenvalue weighted by atomic mass is 9.94. The van der Waals surface area contributed by atoms with Gasteiger partial charge in [-0.15, -0.1) is 0 Å². The lowest BCUT2D eigenvalue weighted by Crippen LogP contribution is -2.39. The summed E-state index contributed by atoms with van der Waals surface area (Å²) in [6.07, 6.45) is 3.96. The molecule has 20 heavy (non-hydrogen) atoms. The second-order valence-electron chi connectivity index (χ2n) is 5.34. The van der Waals surface area contributed by atoms with Crippen LogP contribution < -0.4 is 10.0 Å². The summed E-state index contributed by atoms with van der Waals surface area (Å²) >= 11 is 0. The Kier molecular flexibility index (Phi) is 5.18. The smallest absolute Gasteiger partial charge is 0.240 e. The van der Waals surface area contributed by atoms with Crippen LogP contribution in [0.15, 0.2) is 29.2 Å². The van der Waals surface area contributed by atoms with E-state index in [1.54, 1.807) is 12.1 Å². The van der Waals surface area contributed by atoms with Gasteiger partial charge in [-0.2, -0.15) is 0 Å². The molecule has 1 unspecified atom stereocenters. The molecule has 1 aliphatic carbocycles. The van der Waals surface area contributed by atoms with E-state index in [2.05, 4.69) is 23.9 Å². The number of nitrogens with one attached hydrogen (secondary N) is 2. The maximum absolute atomic E-state index is 12.3. The second kappa shape index (κ2) is 6.70. The molecule has 1 aliphatic rings. The van der Waals surface area contributed by atoms with E-state index in [-0.39, 0.29) is 12.1 Å². The molecule has 1 fully saturated rings. The van der Waals surface area contributed by atoms with Gasteiger partial charge in [0.05, 0.1) is 4.90 Å². The molecule has 2 rings (SSSR count). The van der Waals surface area contributed by atoms with E-state index >= 15 is 0 Å². The minimum atomic E-state index is -3.38. The van der Waals surface area contributed by atoms with Gasteiger partial charge in [0.15, 0.2) is 0 Å². The molecule has 0 amide bonds. The first kappa shape index (κ1) is 15.5. The van der Waals surface area contributed by atoms with E-state index in [1.807, 2.05) is 12.1 Å². The highest BCUT2D eigenvalue weighted by Gasteiger charge is 2.25. The first-order valence-electron chi connectivity index (χ1n) is 7.42. The summed E-state index contributed by atoms with van der Waals surface area (Å²) < 4.78 is 27.4. The summed E-state index contributed by atoms with van der Waals surface area (Å²) in [5, 5.41) is 3.38. The fourth-order valence-electron chi connectivity index (χ4n) is 2.46. The lowest BCUT2D eigenvalue weighted by molar-refractivity contribution is 0.383. The Morgan fingerprint density at radius 2 is 2.05 bits per heavy atom. The summed E-state index contributed by atoms with van der Waals surface area (Å²) in [5.74, 6) is 0. The van der Waals surface area contributed by atoms with Gasteiger partial charge in [0.2, 0.25) is 10.0 Å². The van der Waals surface area contributed by atoms with Crippen molar-refractivity contribution in [3.63, 3.8) is 0 Å². The van der Waals surface area contributed by atoms with Gasteiger partial charge in [0.25, 0.3) is 0 Å². The zero-order valence-corrected chi connectivity index (χ0v) is 13.0. The molecule has 0 heterocycles. The molecule has 0 bridgehead atoms. The fraction of sp³-hybridized carbons (Fsp3) is 0.600. The van der Waals surface area contributed by atoms with E-state index in [0.29, 0.717) is 4.90 Å². The van der Waals surface area contributed by atoms with Crippen LogP contribution >= 0.6 is 0 Å². The van der Waals surface area contributed by atoms with Crippen LogP contribution in [0.3, 0.4) is 0 Å². The van der Waals surface area contributed by atoms with Crippen LogP contribution in [0.2, 0.25) is 0 Å². The monoisotopic (exact) mass is 296 g/mol. The van der Waals surface area contributed by atoms with Crippen LogP contribution in [0.25, 0.3) is 0 Å².